The number of rotatable bonds is 6. The normalized spacial score (nSPS) is 21.4. The van der Waals surface area contributed by atoms with E-state index in [4.69, 9.17) is 4.74 Å². The standard InChI is InChI=1S/C23H29FN2O2/c24-21-9-3-4-10-22(21)26-14-12-25(13-15-26)16-19(27)17-28-23-11-5-7-18-6-1-2-8-20(18)23/h1-4,6,8-10,19,23,27H,5,7,11-17H2/t19-,23-/m1/s1. The van der Waals surface area contributed by atoms with Crippen LogP contribution in [0.25, 0.3) is 0 Å². The van der Waals surface area contributed by atoms with Gasteiger partial charge in [-0.25, -0.2) is 4.39 Å². The predicted octanol–water partition coefficient (Wildman–Crippen LogP) is 3.40. The lowest BCUT2D eigenvalue weighted by Crippen LogP contribution is -2.49. The molecule has 150 valence electrons. The van der Waals surface area contributed by atoms with Crippen molar-refractivity contribution in [1.82, 2.24) is 4.90 Å². The molecule has 0 unspecified atom stereocenters. The molecule has 28 heavy (non-hydrogen) atoms. The molecule has 1 aliphatic heterocycles. The van der Waals surface area contributed by atoms with E-state index in [1.165, 1.54) is 17.2 Å². The zero-order chi connectivity index (χ0) is 19.3. The number of fused-ring (bicyclic) bond motifs is 1. The van der Waals surface area contributed by atoms with Crippen LogP contribution in [0.1, 0.15) is 30.1 Å². The van der Waals surface area contributed by atoms with Gasteiger partial charge in [0.15, 0.2) is 0 Å². The zero-order valence-electron chi connectivity index (χ0n) is 16.3. The van der Waals surface area contributed by atoms with Crippen LogP contribution in [0.2, 0.25) is 0 Å². The van der Waals surface area contributed by atoms with Crippen molar-refractivity contribution in [3.05, 3.63) is 65.5 Å². The second-order valence-corrected chi connectivity index (χ2v) is 7.81. The lowest BCUT2D eigenvalue weighted by atomic mass is 9.89. The van der Waals surface area contributed by atoms with Gasteiger partial charge in [0, 0.05) is 32.7 Å². The third-order valence-electron chi connectivity index (χ3n) is 5.84. The number of aryl methyl sites for hydroxylation is 1. The summed E-state index contributed by atoms with van der Waals surface area (Å²) in [6.07, 6.45) is 2.86. The van der Waals surface area contributed by atoms with E-state index in [1.54, 1.807) is 6.07 Å². The Morgan fingerprint density at radius 2 is 1.79 bits per heavy atom. The van der Waals surface area contributed by atoms with Crippen molar-refractivity contribution in [3.63, 3.8) is 0 Å². The van der Waals surface area contributed by atoms with E-state index >= 15 is 0 Å². The fourth-order valence-corrected chi connectivity index (χ4v) is 4.34. The second-order valence-electron chi connectivity index (χ2n) is 7.81. The molecule has 2 aliphatic rings. The fraction of sp³-hybridized carbons (Fsp3) is 0.478. The third kappa shape index (κ3) is 4.54. The molecule has 0 radical (unpaired) electrons. The van der Waals surface area contributed by atoms with E-state index in [1.807, 2.05) is 12.1 Å². The summed E-state index contributed by atoms with van der Waals surface area (Å²) in [5.41, 5.74) is 3.32. The number of anilines is 1. The van der Waals surface area contributed by atoms with Crippen molar-refractivity contribution < 1.29 is 14.2 Å². The van der Waals surface area contributed by atoms with Crippen LogP contribution < -0.4 is 4.90 Å². The van der Waals surface area contributed by atoms with Gasteiger partial charge < -0.3 is 14.7 Å². The molecule has 4 rings (SSSR count). The van der Waals surface area contributed by atoms with Crippen LogP contribution in [0.4, 0.5) is 10.1 Å². The monoisotopic (exact) mass is 384 g/mol. The number of benzene rings is 2. The number of hydrogen-bond acceptors (Lipinski definition) is 4. The van der Waals surface area contributed by atoms with E-state index in [0.717, 1.165) is 45.4 Å². The summed E-state index contributed by atoms with van der Waals surface area (Å²) in [5.74, 6) is -0.169. The van der Waals surface area contributed by atoms with Crippen molar-refractivity contribution in [2.45, 2.75) is 31.5 Å². The molecule has 1 fully saturated rings. The lowest BCUT2D eigenvalue weighted by Gasteiger charge is -2.37. The van der Waals surface area contributed by atoms with Crippen LogP contribution in [-0.4, -0.2) is 55.4 Å². The van der Waals surface area contributed by atoms with Crippen molar-refractivity contribution in [2.75, 3.05) is 44.2 Å². The van der Waals surface area contributed by atoms with Crippen LogP contribution in [-0.2, 0) is 11.2 Å². The highest BCUT2D eigenvalue weighted by atomic mass is 19.1. The average Bonchev–Trinajstić information content (AvgIpc) is 2.73. The van der Waals surface area contributed by atoms with Crippen LogP contribution in [0.3, 0.4) is 0 Å². The molecule has 2 aromatic rings. The molecule has 1 N–H and O–H groups in total. The van der Waals surface area contributed by atoms with Gasteiger partial charge in [0.1, 0.15) is 5.82 Å². The van der Waals surface area contributed by atoms with Crippen molar-refractivity contribution in [1.29, 1.82) is 0 Å². The van der Waals surface area contributed by atoms with Crippen molar-refractivity contribution in [3.8, 4) is 0 Å². The number of piperazine rings is 1. The number of nitrogens with zero attached hydrogens (tertiary/aromatic N) is 2. The number of aliphatic hydroxyl groups excluding tert-OH is 1. The highest BCUT2D eigenvalue weighted by Gasteiger charge is 2.24. The number of para-hydroxylation sites is 1. The van der Waals surface area contributed by atoms with E-state index in [0.29, 0.717) is 18.8 Å². The molecule has 1 heterocycles. The minimum atomic E-state index is -0.505. The van der Waals surface area contributed by atoms with Gasteiger partial charge in [0.25, 0.3) is 0 Å². The van der Waals surface area contributed by atoms with E-state index in [9.17, 15) is 9.50 Å². The number of ether oxygens (including phenoxy) is 1. The molecule has 2 atom stereocenters. The molecule has 2 aromatic carbocycles. The molecule has 0 bridgehead atoms. The highest BCUT2D eigenvalue weighted by Crippen LogP contribution is 2.32. The minimum absolute atomic E-state index is 0.0949. The summed E-state index contributed by atoms with van der Waals surface area (Å²) >= 11 is 0. The Kier molecular flexibility index (Phi) is 6.25. The van der Waals surface area contributed by atoms with E-state index < -0.39 is 6.10 Å². The summed E-state index contributed by atoms with van der Waals surface area (Å²) < 4.78 is 20.0. The number of halogens is 1. The van der Waals surface area contributed by atoms with Crippen molar-refractivity contribution in [2.24, 2.45) is 0 Å². The molecule has 0 saturated carbocycles. The van der Waals surface area contributed by atoms with Crippen LogP contribution in [0, 0.1) is 5.82 Å². The highest BCUT2D eigenvalue weighted by molar-refractivity contribution is 5.48. The van der Waals surface area contributed by atoms with Gasteiger partial charge >= 0.3 is 0 Å². The van der Waals surface area contributed by atoms with Crippen LogP contribution in [0.15, 0.2) is 48.5 Å². The molecule has 5 heteroatoms. The lowest BCUT2D eigenvalue weighted by molar-refractivity contribution is -0.0285. The third-order valence-corrected chi connectivity index (χ3v) is 5.84. The fourth-order valence-electron chi connectivity index (χ4n) is 4.34. The summed E-state index contributed by atoms with van der Waals surface area (Å²) in [7, 11) is 0. The minimum Gasteiger partial charge on any atom is -0.389 e. The van der Waals surface area contributed by atoms with Gasteiger partial charge in [-0.1, -0.05) is 36.4 Å². The van der Waals surface area contributed by atoms with Gasteiger partial charge in [-0.2, -0.15) is 0 Å². The molecule has 4 nitrogen and oxygen atoms in total. The quantitative estimate of drug-likeness (QED) is 0.828. The Morgan fingerprint density at radius 1 is 1.04 bits per heavy atom. The maximum Gasteiger partial charge on any atom is 0.146 e. The van der Waals surface area contributed by atoms with Gasteiger partial charge in [0.05, 0.1) is 24.5 Å². The smallest absolute Gasteiger partial charge is 0.146 e. The largest absolute Gasteiger partial charge is 0.389 e. The van der Waals surface area contributed by atoms with Gasteiger partial charge in [-0.3, -0.25) is 4.90 Å². The molecular formula is C23H29FN2O2. The number of β-amino-alcohol motifs (C(OH)–C–C–N with tert-alkyl or cyclic N) is 1. The molecule has 1 aliphatic carbocycles. The Labute approximate surface area is 166 Å². The van der Waals surface area contributed by atoms with Crippen molar-refractivity contribution >= 4 is 5.69 Å². The summed E-state index contributed by atoms with van der Waals surface area (Å²) in [6.45, 7) is 4.12. The van der Waals surface area contributed by atoms with Gasteiger partial charge in [-0.05, 0) is 42.5 Å². The first kappa shape index (κ1) is 19.4. The second kappa shape index (κ2) is 9.03. The van der Waals surface area contributed by atoms with Gasteiger partial charge in [-0.15, -0.1) is 0 Å². The molecule has 1 saturated heterocycles. The summed E-state index contributed by atoms with van der Waals surface area (Å²) in [6, 6.07) is 15.4. The Balaban J connectivity index is 1.23. The molecule has 0 aromatic heterocycles. The topological polar surface area (TPSA) is 35.9 Å². The zero-order valence-corrected chi connectivity index (χ0v) is 16.3. The average molecular weight is 384 g/mol. The summed E-state index contributed by atoms with van der Waals surface area (Å²) in [5, 5.41) is 10.5. The maximum atomic E-state index is 14.0. The first-order chi connectivity index (χ1) is 13.7. The Morgan fingerprint density at radius 3 is 2.61 bits per heavy atom. The predicted molar refractivity (Wildman–Crippen MR) is 109 cm³/mol. The Bertz CT molecular complexity index is 777. The molecule has 0 spiro atoms. The first-order valence-corrected chi connectivity index (χ1v) is 10.3. The van der Waals surface area contributed by atoms with Crippen LogP contribution in [0.5, 0.6) is 0 Å². The summed E-state index contributed by atoms with van der Waals surface area (Å²) in [4.78, 5) is 4.31. The van der Waals surface area contributed by atoms with E-state index in [-0.39, 0.29) is 11.9 Å². The number of hydrogen-bond donors (Lipinski definition) is 1. The van der Waals surface area contributed by atoms with Gasteiger partial charge in [0.2, 0.25) is 0 Å². The van der Waals surface area contributed by atoms with Crippen LogP contribution >= 0.6 is 0 Å². The number of aliphatic hydroxyl groups is 1. The maximum absolute atomic E-state index is 14.0. The molecular weight excluding hydrogens is 355 g/mol. The molecule has 0 amide bonds. The first-order valence-electron chi connectivity index (χ1n) is 10.3. The Hall–Kier alpha value is -1.95. The SMILES string of the molecule is O[C@@H](CO[C@@H]1CCCc2ccccc21)CN1CCN(c2ccccc2F)CC1. The van der Waals surface area contributed by atoms with E-state index in [2.05, 4.69) is 34.1 Å².